The van der Waals surface area contributed by atoms with Crippen LogP contribution in [-0.2, 0) is 13.1 Å². The van der Waals surface area contributed by atoms with Crippen LogP contribution in [0.2, 0.25) is 0 Å². The average molecular weight is 468 g/mol. The van der Waals surface area contributed by atoms with Crippen molar-refractivity contribution in [3.05, 3.63) is 48.4 Å². The molecule has 2 N–H and O–H groups in total. The molecule has 0 aromatic carbocycles. The van der Waals surface area contributed by atoms with Crippen molar-refractivity contribution < 1.29 is 0 Å². The quantitative estimate of drug-likeness (QED) is 0.240. The van der Waals surface area contributed by atoms with E-state index in [1.807, 2.05) is 48.1 Å². The number of halogens is 1. The molecule has 140 valence electrons. The number of nitrogens with zero attached hydrogens (tertiary/aromatic N) is 6. The molecule has 3 aromatic rings. The Bertz CT molecular complexity index is 838. The van der Waals surface area contributed by atoms with E-state index in [0.717, 1.165) is 49.2 Å². The zero-order valence-corrected chi connectivity index (χ0v) is 17.4. The van der Waals surface area contributed by atoms with E-state index in [-0.39, 0.29) is 24.0 Å². The van der Waals surface area contributed by atoms with Crippen molar-refractivity contribution in [2.75, 3.05) is 13.6 Å². The van der Waals surface area contributed by atoms with E-state index in [9.17, 15) is 0 Å². The van der Waals surface area contributed by atoms with Crippen LogP contribution in [-0.4, -0.2) is 43.7 Å². The Morgan fingerprint density at radius 1 is 1.15 bits per heavy atom. The standard InChI is InChI=1S/C17H24N8.HI/c1-14-19-9-12-24(14)10-6-4-8-20-17(18-2)21-13-16-23-22-15-7-3-5-11-25(15)16;/h3,5,7,9,11-12H,4,6,8,10,13H2,1-2H3,(H2,18,20,21);1H. The number of fused-ring (bicyclic) bond motifs is 1. The van der Waals surface area contributed by atoms with Crippen molar-refractivity contribution in [3.8, 4) is 0 Å². The smallest absolute Gasteiger partial charge is 0.191 e. The highest BCUT2D eigenvalue weighted by Gasteiger charge is 2.05. The SMILES string of the molecule is CN=C(NCCCCn1ccnc1C)NCc1nnc2ccccn12.I. The molecule has 0 saturated carbocycles. The van der Waals surface area contributed by atoms with E-state index < -0.39 is 0 Å². The molecule has 0 radical (unpaired) electrons. The monoisotopic (exact) mass is 468 g/mol. The molecule has 0 fully saturated rings. The number of aryl methyl sites for hydroxylation is 2. The molecule has 0 atom stereocenters. The maximum absolute atomic E-state index is 4.25. The maximum Gasteiger partial charge on any atom is 0.191 e. The number of imidazole rings is 1. The summed E-state index contributed by atoms with van der Waals surface area (Å²) in [5.41, 5.74) is 0.844. The lowest BCUT2D eigenvalue weighted by molar-refractivity contribution is 0.588. The fourth-order valence-electron chi connectivity index (χ4n) is 2.65. The Morgan fingerprint density at radius 3 is 2.81 bits per heavy atom. The lowest BCUT2D eigenvalue weighted by atomic mass is 10.3. The van der Waals surface area contributed by atoms with Crippen LogP contribution in [0.1, 0.15) is 24.5 Å². The molecule has 3 heterocycles. The molecule has 0 unspecified atom stereocenters. The van der Waals surface area contributed by atoms with E-state index in [4.69, 9.17) is 0 Å². The molecule has 3 rings (SSSR count). The molecule has 0 aliphatic rings. The van der Waals surface area contributed by atoms with Crippen LogP contribution >= 0.6 is 24.0 Å². The minimum absolute atomic E-state index is 0. The maximum atomic E-state index is 4.25. The van der Waals surface area contributed by atoms with Crippen LogP contribution in [0.25, 0.3) is 5.65 Å². The topological polar surface area (TPSA) is 84.4 Å². The molecule has 8 nitrogen and oxygen atoms in total. The van der Waals surface area contributed by atoms with Crippen molar-refractivity contribution in [1.29, 1.82) is 0 Å². The summed E-state index contributed by atoms with van der Waals surface area (Å²) >= 11 is 0. The predicted octanol–water partition coefficient (Wildman–Crippen LogP) is 2.00. The van der Waals surface area contributed by atoms with E-state index in [2.05, 4.69) is 35.4 Å². The van der Waals surface area contributed by atoms with Crippen molar-refractivity contribution in [1.82, 2.24) is 34.8 Å². The second-order valence-corrected chi connectivity index (χ2v) is 5.77. The van der Waals surface area contributed by atoms with Gasteiger partial charge >= 0.3 is 0 Å². The van der Waals surface area contributed by atoms with Crippen LogP contribution in [0.4, 0.5) is 0 Å². The zero-order chi connectivity index (χ0) is 17.5. The number of guanidine groups is 1. The van der Waals surface area contributed by atoms with Gasteiger partial charge in [-0.25, -0.2) is 4.98 Å². The number of hydrogen-bond donors (Lipinski definition) is 2. The Morgan fingerprint density at radius 2 is 2.04 bits per heavy atom. The highest BCUT2D eigenvalue weighted by atomic mass is 127. The third-order valence-corrected chi connectivity index (χ3v) is 4.06. The van der Waals surface area contributed by atoms with Crippen molar-refractivity contribution in [2.24, 2.45) is 4.99 Å². The molecular weight excluding hydrogens is 443 g/mol. The summed E-state index contributed by atoms with van der Waals surface area (Å²) in [5.74, 6) is 2.69. The molecule has 3 aromatic heterocycles. The Kier molecular flexibility index (Phi) is 7.82. The van der Waals surface area contributed by atoms with E-state index >= 15 is 0 Å². The largest absolute Gasteiger partial charge is 0.356 e. The highest BCUT2D eigenvalue weighted by Crippen LogP contribution is 2.02. The van der Waals surface area contributed by atoms with Crippen molar-refractivity contribution in [3.63, 3.8) is 0 Å². The van der Waals surface area contributed by atoms with E-state index in [0.29, 0.717) is 6.54 Å². The fourth-order valence-corrected chi connectivity index (χ4v) is 2.65. The number of pyridine rings is 1. The molecule has 26 heavy (non-hydrogen) atoms. The van der Waals surface area contributed by atoms with Gasteiger partial charge in [0.25, 0.3) is 0 Å². The molecular formula is C17H25IN8. The van der Waals surface area contributed by atoms with Gasteiger partial charge in [-0.05, 0) is 31.9 Å². The van der Waals surface area contributed by atoms with Gasteiger partial charge in [-0.15, -0.1) is 34.2 Å². The van der Waals surface area contributed by atoms with Gasteiger partial charge in [-0.2, -0.15) is 0 Å². The molecule has 9 heteroatoms. The number of hydrogen-bond acceptors (Lipinski definition) is 4. The number of aromatic nitrogens is 5. The highest BCUT2D eigenvalue weighted by molar-refractivity contribution is 14.0. The van der Waals surface area contributed by atoms with Gasteiger partial charge in [0.15, 0.2) is 17.4 Å². The summed E-state index contributed by atoms with van der Waals surface area (Å²) < 4.78 is 4.14. The Hall–Kier alpha value is -2.17. The van der Waals surface area contributed by atoms with E-state index in [1.165, 1.54) is 0 Å². The summed E-state index contributed by atoms with van der Waals surface area (Å²) in [5, 5.41) is 15.0. The van der Waals surface area contributed by atoms with Gasteiger partial charge in [-0.1, -0.05) is 6.07 Å². The first-order valence-electron chi connectivity index (χ1n) is 8.49. The summed E-state index contributed by atoms with van der Waals surface area (Å²) in [6, 6.07) is 5.85. The number of rotatable bonds is 7. The second-order valence-electron chi connectivity index (χ2n) is 5.77. The van der Waals surface area contributed by atoms with E-state index in [1.54, 1.807) is 7.05 Å². The minimum Gasteiger partial charge on any atom is -0.356 e. The molecule has 0 amide bonds. The number of unbranched alkanes of at least 4 members (excludes halogenated alkanes) is 1. The Balaban J connectivity index is 0.00000243. The third-order valence-electron chi connectivity index (χ3n) is 4.06. The van der Waals surface area contributed by atoms with Crippen LogP contribution in [0.3, 0.4) is 0 Å². The van der Waals surface area contributed by atoms with Gasteiger partial charge < -0.3 is 15.2 Å². The second kappa shape index (κ2) is 10.1. The van der Waals surface area contributed by atoms with Crippen LogP contribution < -0.4 is 10.6 Å². The normalized spacial score (nSPS) is 11.4. The van der Waals surface area contributed by atoms with Crippen LogP contribution in [0.15, 0.2) is 41.8 Å². The molecule has 0 aliphatic heterocycles. The zero-order valence-electron chi connectivity index (χ0n) is 15.1. The molecule has 0 saturated heterocycles. The lowest BCUT2D eigenvalue weighted by Gasteiger charge is -2.11. The minimum atomic E-state index is 0. The predicted molar refractivity (Wildman–Crippen MR) is 113 cm³/mol. The van der Waals surface area contributed by atoms with Gasteiger partial charge in [0, 0.05) is 38.7 Å². The lowest BCUT2D eigenvalue weighted by Crippen LogP contribution is -2.37. The fraction of sp³-hybridized carbons (Fsp3) is 0.412. The van der Waals surface area contributed by atoms with Gasteiger partial charge in [0.05, 0.1) is 6.54 Å². The van der Waals surface area contributed by atoms with Gasteiger partial charge in [-0.3, -0.25) is 9.39 Å². The first kappa shape index (κ1) is 20.1. The summed E-state index contributed by atoms with van der Waals surface area (Å²) in [7, 11) is 1.77. The summed E-state index contributed by atoms with van der Waals surface area (Å²) in [6.07, 6.45) is 7.97. The van der Waals surface area contributed by atoms with Gasteiger partial charge in [0.2, 0.25) is 0 Å². The molecule has 0 spiro atoms. The Labute approximate surface area is 170 Å². The van der Waals surface area contributed by atoms with Gasteiger partial charge in [0.1, 0.15) is 5.82 Å². The third kappa shape index (κ3) is 5.16. The van der Waals surface area contributed by atoms with Crippen molar-refractivity contribution in [2.45, 2.75) is 32.9 Å². The summed E-state index contributed by atoms with van der Waals surface area (Å²) in [6.45, 7) is 4.45. The van der Waals surface area contributed by atoms with Crippen LogP contribution in [0, 0.1) is 6.92 Å². The molecule has 0 bridgehead atoms. The average Bonchev–Trinajstić information content (AvgIpc) is 3.23. The number of aliphatic imine (C=N–C) groups is 1. The first-order valence-corrected chi connectivity index (χ1v) is 8.49. The molecule has 0 aliphatic carbocycles. The van der Waals surface area contributed by atoms with Crippen LogP contribution in [0.5, 0.6) is 0 Å². The number of nitrogens with one attached hydrogen (secondary N) is 2. The van der Waals surface area contributed by atoms with Crippen molar-refractivity contribution >= 4 is 35.6 Å². The summed E-state index contributed by atoms with van der Waals surface area (Å²) in [4.78, 5) is 8.48. The first-order chi connectivity index (χ1) is 12.3.